The topological polar surface area (TPSA) is 22.1 Å². The summed E-state index contributed by atoms with van der Waals surface area (Å²) < 4.78 is 101. The van der Waals surface area contributed by atoms with E-state index in [9.17, 15) is 35.1 Å². The van der Waals surface area contributed by atoms with Crippen molar-refractivity contribution in [1.82, 2.24) is 4.98 Å². The number of nitrogens with zero attached hydrogens (tertiary/aromatic N) is 1. The molecule has 10 heteroatoms. The van der Waals surface area contributed by atoms with Crippen molar-refractivity contribution in [2.24, 2.45) is 0 Å². The average Bonchev–Trinajstić information content (AvgIpc) is 2.11. The molecular weight excluding hydrogens is 290 g/mol. The molecule has 0 unspecified atom stereocenters. The van der Waals surface area contributed by atoms with Gasteiger partial charge in [0.15, 0.2) is 0 Å². The normalized spacial score (nSPS) is 12.9. The quantitative estimate of drug-likeness (QED) is 0.761. The zero-order valence-corrected chi connectivity index (χ0v) is 9.03. The number of hydrogen-bond donors (Lipinski definition) is 0. The molecule has 0 aliphatic carbocycles. The summed E-state index contributed by atoms with van der Waals surface area (Å²) in [5.41, 5.74) is -3.77. The van der Waals surface area contributed by atoms with E-state index in [0.717, 1.165) is 6.92 Å². The monoisotopic (exact) mass is 295 g/mol. The zero-order chi connectivity index (χ0) is 15.0. The van der Waals surface area contributed by atoms with Crippen LogP contribution in [0.1, 0.15) is 23.2 Å². The summed E-state index contributed by atoms with van der Waals surface area (Å²) >= 11 is 0. The molecular formula is C9H5F8NO. The van der Waals surface area contributed by atoms with Crippen molar-refractivity contribution in [2.75, 3.05) is 0 Å². The van der Waals surface area contributed by atoms with Crippen molar-refractivity contribution in [3.8, 4) is 5.88 Å². The molecule has 19 heavy (non-hydrogen) atoms. The minimum Gasteiger partial charge on any atom is -0.387 e. The van der Waals surface area contributed by atoms with Crippen LogP contribution in [0.5, 0.6) is 5.88 Å². The van der Waals surface area contributed by atoms with Gasteiger partial charge >= 0.3 is 12.5 Å². The number of pyridine rings is 1. The van der Waals surface area contributed by atoms with E-state index in [1.165, 1.54) is 0 Å². The molecule has 0 N–H and O–H groups in total. The molecule has 0 atom stereocenters. The highest BCUT2D eigenvalue weighted by atomic mass is 19.4. The van der Waals surface area contributed by atoms with E-state index in [1.807, 2.05) is 0 Å². The number of halogens is 8. The number of aryl methyl sites for hydroxylation is 1. The van der Waals surface area contributed by atoms with Crippen LogP contribution < -0.4 is 4.74 Å². The summed E-state index contributed by atoms with van der Waals surface area (Å²) in [6, 6.07) is 0.227. The van der Waals surface area contributed by atoms with Crippen LogP contribution >= 0.6 is 0 Å². The molecule has 1 aromatic rings. The molecule has 2 nitrogen and oxygen atoms in total. The van der Waals surface area contributed by atoms with E-state index in [4.69, 9.17) is 0 Å². The standard InChI is InChI=1S/C9H5F8NO/c1-3-2-4(8(12,13)14)18-7(5(3)6(10)11)19-9(15,16)17/h2,6H,1H3. The summed E-state index contributed by atoms with van der Waals surface area (Å²) in [6.45, 7) is 0.807. The maximum atomic E-state index is 12.5. The van der Waals surface area contributed by atoms with Gasteiger partial charge in [0.1, 0.15) is 5.69 Å². The Morgan fingerprint density at radius 2 is 1.63 bits per heavy atom. The summed E-state index contributed by atoms with van der Waals surface area (Å²) in [7, 11) is 0. The van der Waals surface area contributed by atoms with Gasteiger partial charge in [0, 0.05) is 0 Å². The van der Waals surface area contributed by atoms with Gasteiger partial charge in [0.05, 0.1) is 5.56 Å². The molecule has 1 aromatic heterocycles. The predicted octanol–water partition coefficient (Wildman–Crippen LogP) is 4.25. The van der Waals surface area contributed by atoms with Gasteiger partial charge in [-0.15, -0.1) is 13.2 Å². The molecule has 0 radical (unpaired) electrons. The highest BCUT2D eigenvalue weighted by molar-refractivity contribution is 5.38. The average molecular weight is 295 g/mol. The lowest BCUT2D eigenvalue weighted by Crippen LogP contribution is -2.21. The first kappa shape index (κ1) is 15.4. The Labute approximate surface area is 101 Å². The second-order valence-corrected chi connectivity index (χ2v) is 3.39. The second-order valence-electron chi connectivity index (χ2n) is 3.39. The Balaban J connectivity index is 3.42. The largest absolute Gasteiger partial charge is 0.574 e. The fourth-order valence-electron chi connectivity index (χ4n) is 1.25. The predicted molar refractivity (Wildman–Crippen MR) is 45.6 cm³/mol. The van der Waals surface area contributed by atoms with Crippen LogP contribution in [0.15, 0.2) is 6.07 Å². The highest BCUT2D eigenvalue weighted by Crippen LogP contribution is 2.37. The fourth-order valence-corrected chi connectivity index (χ4v) is 1.25. The van der Waals surface area contributed by atoms with Crippen LogP contribution in [0.2, 0.25) is 0 Å². The van der Waals surface area contributed by atoms with Gasteiger partial charge < -0.3 is 4.74 Å². The number of hydrogen-bond acceptors (Lipinski definition) is 2. The third kappa shape index (κ3) is 3.93. The molecule has 0 aliphatic rings. The van der Waals surface area contributed by atoms with Crippen molar-refractivity contribution in [1.29, 1.82) is 0 Å². The zero-order valence-electron chi connectivity index (χ0n) is 9.03. The van der Waals surface area contributed by atoms with E-state index in [-0.39, 0.29) is 6.07 Å². The SMILES string of the molecule is Cc1cc(C(F)(F)F)nc(OC(F)(F)F)c1C(F)F. The third-order valence-electron chi connectivity index (χ3n) is 1.95. The van der Waals surface area contributed by atoms with Crippen LogP contribution in [-0.4, -0.2) is 11.3 Å². The Kier molecular flexibility index (Phi) is 3.92. The minimum absolute atomic E-state index is 0.227. The maximum Gasteiger partial charge on any atom is 0.574 e. The Morgan fingerprint density at radius 1 is 1.11 bits per heavy atom. The molecule has 0 aliphatic heterocycles. The molecule has 1 rings (SSSR count). The van der Waals surface area contributed by atoms with Crippen molar-refractivity contribution in [2.45, 2.75) is 25.9 Å². The van der Waals surface area contributed by atoms with Gasteiger partial charge in [0.25, 0.3) is 6.43 Å². The summed E-state index contributed by atoms with van der Waals surface area (Å²) in [5.74, 6) is -1.80. The molecule has 0 aromatic carbocycles. The lowest BCUT2D eigenvalue weighted by Gasteiger charge is -2.16. The molecule has 0 amide bonds. The van der Waals surface area contributed by atoms with Gasteiger partial charge in [-0.1, -0.05) is 0 Å². The fraction of sp³-hybridized carbons (Fsp3) is 0.444. The molecule has 0 spiro atoms. The van der Waals surface area contributed by atoms with Crippen molar-refractivity contribution >= 4 is 0 Å². The molecule has 0 fully saturated rings. The first-order valence-corrected chi connectivity index (χ1v) is 4.54. The van der Waals surface area contributed by atoms with E-state index < -0.39 is 41.7 Å². The third-order valence-corrected chi connectivity index (χ3v) is 1.95. The number of ether oxygens (including phenoxy) is 1. The lowest BCUT2D eigenvalue weighted by atomic mass is 10.1. The highest BCUT2D eigenvalue weighted by Gasteiger charge is 2.39. The van der Waals surface area contributed by atoms with Crippen LogP contribution in [0.25, 0.3) is 0 Å². The number of rotatable bonds is 2. The van der Waals surface area contributed by atoms with Gasteiger partial charge in [-0.05, 0) is 18.6 Å². The summed E-state index contributed by atoms with van der Waals surface area (Å²) in [4.78, 5) is 2.46. The van der Waals surface area contributed by atoms with Crippen LogP contribution in [0.4, 0.5) is 35.1 Å². The smallest absolute Gasteiger partial charge is 0.387 e. The van der Waals surface area contributed by atoms with Crippen molar-refractivity contribution in [3.05, 3.63) is 22.9 Å². The van der Waals surface area contributed by atoms with Gasteiger partial charge in [-0.2, -0.15) is 13.2 Å². The van der Waals surface area contributed by atoms with Gasteiger partial charge in [0.2, 0.25) is 5.88 Å². The van der Waals surface area contributed by atoms with Crippen LogP contribution in [0, 0.1) is 6.92 Å². The molecule has 0 saturated heterocycles. The van der Waals surface area contributed by atoms with E-state index >= 15 is 0 Å². The molecule has 108 valence electrons. The first-order chi connectivity index (χ1) is 8.42. The van der Waals surface area contributed by atoms with Gasteiger partial charge in [-0.3, -0.25) is 0 Å². The summed E-state index contributed by atoms with van der Waals surface area (Å²) in [6.07, 6.45) is -13.9. The van der Waals surface area contributed by atoms with Crippen LogP contribution in [0.3, 0.4) is 0 Å². The van der Waals surface area contributed by atoms with E-state index in [1.54, 1.807) is 0 Å². The van der Waals surface area contributed by atoms with Crippen molar-refractivity contribution < 1.29 is 39.9 Å². The first-order valence-electron chi connectivity index (χ1n) is 4.54. The Morgan fingerprint density at radius 3 is 2.00 bits per heavy atom. The number of aromatic nitrogens is 1. The maximum absolute atomic E-state index is 12.5. The van der Waals surface area contributed by atoms with Gasteiger partial charge in [-0.25, -0.2) is 13.8 Å². The Bertz CT molecular complexity index is 465. The molecule has 0 bridgehead atoms. The second kappa shape index (κ2) is 4.82. The Hall–Kier alpha value is -1.61. The lowest BCUT2D eigenvalue weighted by molar-refractivity contribution is -0.277. The number of alkyl halides is 8. The van der Waals surface area contributed by atoms with E-state index in [0.29, 0.717) is 0 Å². The molecule has 1 heterocycles. The minimum atomic E-state index is -5.42. The van der Waals surface area contributed by atoms with Crippen molar-refractivity contribution in [3.63, 3.8) is 0 Å². The summed E-state index contributed by atoms with van der Waals surface area (Å²) in [5, 5.41) is 0. The van der Waals surface area contributed by atoms with Crippen LogP contribution in [-0.2, 0) is 6.18 Å². The van der Waals surface area contributed by atoms with E-state index in [2.05, 4.69) is 9.72 Å². The molecule has 0 saturated carbocycles.